The summed E-state index contributed by atoms with van der Waals surface area (Å²) in [4.78, 5) is 5.71. The van der Waals surface area contributed by atoms with Gasteiger partial charge in [-0.25, -0.2) is 0 Å². The molecule has 0 radical (unpaired) electrons. The lowest BCUT2D eigenvalue weighted by molar-refractivity contribution is 0.130. The van der Waals surface area contributed by atoms with Crippen molar-refractivity contribution in [2.45, 2.75) is 27.4 Å². The molecule has 0 saturated carbocycles. The monoisotopic (exact) mass is 394 g/mol. The third-order valence-electron chi connectivity index (χ3n) is 5.40. The number of benzene rings is 3. The Balaban J connectivity index is 1.70. The number of aryl methyl sites for hydroxylation is 1. The third kappa shape index (κ3) is 4.06. The van der Waals surface area contributed by atoms with Crippen LogP contribution in [0.4, 0.5) is 0 Å². The number of aromatic nitrogens is 1. The van der Waals surface area contributed by atoms with Crippen molar-refractivity contribution in [1.82, 2.24) is 4.57 Å². The Labute approximate surface area is 178 Å². The van der Waals surface area contributed by atoms with Crippen LogP contribution in [0.5, 0.6) is 0 Å². The van der Waals surface area contributed by atoms with Crippen molar-refractivity contribution < 1.29 is 4.84 Å². The summed E-state index contributed by atoms with van der Waals surface area (Å²) >= 11 is 0. The van der Waals surface area contributed by atoms with Crippen molar-refractivity contribution in [3.8, 4) is 16.9 Å². The Kier molecular flexibility index (Phi) is 5.80. The molecule has 4 aromatic rings. The number of oxime groups is 1. The number of hydrogen-bond donors (Lipinski definition) is 0. The molecule has 3 nitrogen and oxygen atoms in total. The molecule has 1 aromatic heterocycles. The zero-order chi connectivity index (χ0) is 20.9. The van der Waals surface area contributed by atoms with Gasteiger partial charge in [-0.1, -0.05) is 78.0 Å². The molecular weight excluding hydrogens is 368 g/mol. The van der Waals surface area contributed by atoms with Gasteiger partial charge in [0.1, 0.15) is 6.61 Å². The molecule has 0 atom stereocenters. The fourth-order valence-electron chi connectivity index (χ4n) is 3.72. The Hall–Kier alpha value is -3.59. The van der Waals surface area contributed by atoms with Crippen molar-refractivity contribution in [3.63, 3.8) is 0 Å². The van der Waals surface area contributed by atoms with E-state index in [1.807, 2.05) is 31.2 Å². The summed E-state index contributed by atoms with van der Waals surface area (Å²) in [6.45, 7) is 6.69. The van der Waals surface area contributed by atoms with Crippen molar-refractivity contribution in [3.05, 3.63) is 113 Å². The van der Waals surface area contributed by atoms with Gasteiger partial charge in [-0.15, -0.1) is 0 Å². The molecule has 0 amide bonds. The van der Waals surface area contributed by atoms with E-state index in [9.17, 15) is 0 Å². The number of rotatable bonds is 6. The molecule has 0 aliphatic heterocycles. The van der Waals surface area contributed by atoms with Crippen molar-refractivity contribution in [2.75, 3.05) is 0 Å². The fourth-order valence-corrected chi connectivity index (χ4v) is 3.72. The van der Waals surface area contributed by atoms with Gasteiger partial charge in [-0.05, 0) is 55.7 Å². The summed E-state index contributed by atoms with van der Waals surface area (Å²) in [5.41, 5.74) is 8.90. The summed E-state index contributed by atoms with van der Waals surface area (Å²) < 4.78 is 2.28. The molecule has 0 aliphatic carbocycles. The molecule has 0 spiro atoms. The van der Waals surface area contributed by atoms with Gasteiger partial charge in [0.15, 0.2) is 0 Å². The standard InChI is InChI=1S/C27H26N2O/c1-20-12-10-11-15-24(20)19-30-28-21(2)26-18-27(23-13-6-4-7-14-23)29(22(26)3)25-16-8-5-9-17-25/h4-18H,19H2,1-3H3/b28-21-. The second-order valence-corrected chi connectivity index (χ2v) is 7.44. The van der Waals surface area contributed by atoms with E-state index in [2.05, 4.69) is 90.3 Å². The highest BCUT2D eigenvalue weighted by molar-refractivity contribution is 6.01. The average Bonchev–Trinajstić information content (AvgIpc) is 3.13. The minimum atomic E-state index is 0.466. The van der Waals surface area contributed by atoms with Crippen LogP contribution in [0.1, 0.15) is 29.3 Å². The van der Waals surface area contributed by atoms with Gasteiger partial charge in [-0.3, -0.25) is 0 Å². The molecule has 30 heavy (non-hydrogen) atoms. The van der Waals surface area contributed by atoms with Gasteiger partial charge in [0.05, 0.1) is 11.4 Å². The maximum absolute atomic E-state index is 5.71. The lowest BCUT2D eigenvalue weighted by Crippen LogP contribution is -2.02. The third-order valence-corrected chi connectivity index (χ3v) is 5.40. The second kappa shape index (κ2) is 8.83. The number of para-hydroxylation sites is 1. The van der Waals surface area contributed by atoms with E-state index in [1.165, 1.54) is 11.1 Å². The predicted octanol–water partition coefficient (Wildman–Crippen LogP) is 6.70. The van der Waals surface area contributed by atoms with Crippen LogP contribution in [0.15, 0.2) is 96.2 Å². The number of hydrogen-bond acceptors (Lipinski definition) is 2. The van der Waals surface area contributed by atoms with Gasteiger partial charge in [0.2, 0.25) is 0 Å². The van der Waals surface area contributed by atoms with E-state index in [1.54, 1.807) is 0 Å². The first-order valence-electron chi connectivity index (χ1n) is 10.2. The van der Waals surface area contributed by atoms with Gasteiger partial charge in [-0.2, -0.15) is 0 Å². The molecule has 0 fully saturated rings. The molecule has 0 bridgehead atoms. The van der Waals surface area contributed by atoms with Crippen molar-refractivity contribution in [1.29, 1.82) is 0 Å². The minimum Gasteiger partial charge on any atom is -0.391 e. The maximum atomic E-state index is 5.71. The smallest absolute Gasteiger partial charge is 0.142 e. The van der Waals surface area contributed by atoms with Crippen molar-refractivity contribution >= 4 is 5.71 Å². The Morgan fingerprint density at radius 1 is 0.833 bits per heavy atom. The molecule has 3 heteroatoms. The van der Waals surface area contributed by atoms with Crippen LogP contribution in [-0.2, 0) is 11.4 Å². The second-order valence-electron chi connectivity index (χ2n) is 7.44. The zero-order valence-electron chi connectivity index (χ0n) is 17.7. The Morgan fingerprint density at radius 2 is 1.47 bits per heavy atom. The highest BCUT2D eigenvalue weighted by Crippen LogP contribution is 2.30. The summed E-state index contributed by atoms with van der Waals surface area (Å²) in [5.74, 6) is 0. The van der Waals surface area contributed by atoms with Crippen molar-refractivity contribution in [2.24, 2.45) is 5.16 Å². The van der Waals surface area contributed by atoms with Crippen LogP contribution in [0.2, 0.25) is 0 Å². The maximum Gasteiger partial charge on any atom is 0.142 e. The molecule has 150 valence electrons. The summed E-state index contributed by atoms with van der Waals surface area (Å²) in [5, 5.41) is 4.44. The van der Waals surface area contributed by atoms with Gasteiger partial charge in [0, 0.05) is 16.9 Å². The zero-order valence-corrected chi connectivity index (χ0v) is 17.7. The molecule has 0 unspecified atom stereocenters. The van der Waals surface area contributed by atoms with Crippen LogP contribution in [-0.4, -0.2) is 10.3 Å². The summed E-state index contributed by atoms with van der Waals surface area (Å²) in [6.07, 6.45) is 0. The average molecular weight is 395 g/mol. The molecule has 0 N–H and O–H groups in total. The quantitative estimate of drug-likeness (QED) is 0.264. The topological polar surface area (TPSA) is 26.5 Å². The minimum absolute atomic E-state index is 0.466. The van der Waals surface area contributed by atoms with Crippen LogP contribution in [0.25, 0.3) is 16.9 Å². The first-order valence-corrected chi connectivity index (χ1v) is 10.2. The molecular formula is C27H26N2O. The van der Waals surface area contributed by atoms with E-state index in [0.717, 1.165) is 33.9 Å². The van der Waals surface area contributed by atoms with Crippen LogP contribution in [0, 0.1) is 13.8 Å². The Bertz CT molecular complexity index is 1160. The first-order chi connectivity index (χ1) is 14.6. The number of nitrogens with zero attached hydrogens (tertiary/aromatic N) is 2. The molecule has 3 aromatic carbocycles. The van der Waals surface area contributed by atoms with E-state index in [-0.39, 0.29) is 0 Å². The van der Waals surface area contributed by atoms with Crippen LogP contribution >= 0.6 is 0 Å². The molecule has 1 heterocycles. The first kappa shape index (κ1) is 19.7. The lowest BCUT2D eigenvalue weighted by atomic mass is 10.1. The van der Waals surface area contributed by atoms with E-state index < -0.39 is 0 Å². The Morgan fingerprint density at radius 3 is 2.17 bits per heavy atom. The van der Waals surface area contributed by atoms with Gasteiger partial charge >= 0.3 is 0 Å². The van der Waals surface area contributed by atoms with Crippen LogP contribution < -0.4 is 0 Å². The van der Waals surface area contributed by atoms with E-state index >= 15 is 0 Å². The SMILES string of the molecule is C/C(=N/OCc1ccccc1C)c1cc(-c2ccccc2)n(-c2ccccc2)c1C. The predicted molar refractivity (Wildman–Crippen MR) is 124 cm³/mol. The fraction of sp³-hybridized carbons (Fsp3) is 0.148. The summed E-state index contributed by atoms with van der Waals surface area (Å²) in [6, 6.07) is 31.3. The van der Waals surface area contributed by atoms with Gasteiger partial charge in [0.25, 0.3) is 0 Å². The summed E-state index contributed by atoms with van der Waals surface area (Å²) in [7, 11) is 0. The molecule has 0 saturated heterocycles. The van der Waals surface area contributed by atoms with E-state index in [4.69, 9.17) is 4.84 Å². The van der Waals surface area contributed by atoms with Gasteiger partial charge < -0.3 is 9.40 Å². The van der Waals surface area contributed by atoms with Crippen LogP contribution in [0.3, 0.4) is 0 Å². The molecule has 4 rings (SSSR count). The largest absolute Gasteiger partial charge is 0.391 e. The normalized spacial score (nSPS) is 11.5. The lowest BCUT2D eigenvalue weighted by Gasteiger charge is -2.12. The highest BCUT2D eigenvalue weighted by Gasteiger charge is 2.16. The molecule has 0 aliphatic rings. The highest BCUT2D eigenvalue weighted by atomic mass is 16.6. The van der Waals surface area contributed by atoms with E-state index in [0.29, 0.717) is 6.61 Å².